The van der Waals surface area contributed by atoms with E-state index < -0.39 is 5.97 Å². The van der Waals surface area contributed by atoms with Crippen molar-refractivity contribution < 1.29 is 29.2 Å². The number of hydrogen-bond donors (Lipinski definition) is 2. The molecule has 0 atom stereocenters. The summed E-state index contributed by atoms with van der Waals surface area (Å²) in [6.45, 7) is 2.65. The maximum absolute atomic E-state index is 12.2. The van der Waals surface area contributed by atoms with Crippen molar-refractivity contribution in [2.75, 3.05) is 19.8 Å². The van der Waals surface area contributed by atoms with Gasteiger partial charge in [-0.15, -0.1) is 0 Å². The molecule has 3 rings (SSSR count). The van der Waals surface area contributed by atoms with Crippen LogP contribution in [0.1, 0.15) is 17.3 Å². The first-order valence-electron chi connectivity index (χ1n) is 8.56. The van der Waals surface area contributed by atoms with Crippen LogP contribution < -0.4 is 9.47 Å². The number of rotatable bonds is 7. The fraction of sp³-hybridized carbons (Fsp3) is 0.190. The highest BCUT2D eigenvalue weighted by Crippen LogP contribution is 2.35. The Labute approximate surface area is 156 Å². The lowest BCUT2D eigenvalue weighted by Crippen LogP contribution is -2.12. The first kappa shape index (κ1) is 18.4. The van der Waals surface area contributed by atoms with Crippen molar-refractivity contribution in [1.29, 1.82) is 0 Å². The predicted molar refractivity (Wildman–Crippen MR) is 101 cm³/mol. The van der Waals surface area contributed by atoms with Gasteiger partial charge < -0.3 is 24.4 Å². The van der Waals surface area contributed by atoms with E-state index in [4.69, 9.17) is 14.2 Å². The smallest absolute Gasteiger partial charge is 0.342 e. The summed E-state index contributed by atoms with van der Waals surface area (Å²) in [5.41, 5.74) is -0.0905. The van der Waals surface area contributed by atoms with Crippen molar-refractivity contribution in [2.24, 2.45) is 0 Å². The Morgan fingerprint density at radius 3 is 2.19 bits per heavy atom. The van der Waals surface area contributed by atoms with Crippen LogP contribution in [0.4, 0.5) is 0 Å². The molecule has 0 bridgehead atoms. The third kappa shape index (κ3) is 4.23. The van der Waals surface area contributed by atoms with Crippen LogP contribution in [0.5, 0.6) is 23.0 Å². The summed E-state index contributed by atoms with van der Waals surface area (Å²) < 4.78 is 16.0. The lowest BCUT2D eigenvalue weighted by molar-refractivity contribution is 0.0447. The Balaban J connectivity index is 1.58. The zero-order valence-electron chi connectivity index (χ0n) is 14.8. The van der Waals surface area contributed by atoms with Gasteiger partial charge >= 0.3 is 5.97 Å². The van der Waals surface area contributed by atoms with Crippen LogP contribution in [0.15, 0.2) is 54.6 Å². The summed E-state index contributed by atoms with van der Waals surface area (Å²) in [4.78, 5) is 12.2. The predicted octanol–water partition coefficient (Wildman–Crippen LogP) is 3.89. The minimum absolute atomic E-state index is 0.000919. The van der Waals surface area contributed by atoms with E-state index >= 15 is 0 Å². The van der Waals surface area contributed by atoms with Crippen LogP contribution in [0.2, 0.25) is 0 Å². The van der Waals surface area contributed by atoms with Crippen molar-refractivity contribution in [3.63, 3.8) is 0 Å². The van der Waals surface area contributed by atoms with Gasteiger partial charge in [0, 0.05) is 10.8 Å². The van der Waals surface area contributed by atoms with Crippen LogP contribution >= 0.6 is 0 Å². The molecular weight excluding hydrogens is 348 g/mol. The van der Waals surface area contributed by atoms with E-state index in [-0.39, 0.29) is 30.3 Å². The van der Waals surface area contributed by atoms with Gasteiger partial charge in [0.2, 0.25) is 0 Å². The van der Waals surface area contributed by atoms with Gasteiger partial charge in [0.25, 0.3) is 0 Å². The highest BCUT2D eigenvalue weighted by Gasteiger charge is 2.18. The quantitative estimate of drug-likeness (QED) is 0.374. The van der Waals surface area contributed by atoms with Gasteiger partial charge in [0.15, 0.2) is 0 Å². The van der Waals surface area contributed by atoms with E-state index in [9.17, 15) is 15.0 Å². The number of phenols is 2. The van der Waals surface area contributed by atoms with Crippen molar-refractivity contribution >= 4 is 16.7 Å². The highest BCUT2D eigenvalue weighted by molar-refractivity contribution is 6.03. The van der Waals surface area contributed by atoms with Crippen molar-refractivity contribution in [3.8, 4) is 23.0 Å². The second-order valence-electron chi connectivity index (χ2n) is 5.73. The molecule has 2 N–H and O–H groups in total. The fourth-order valence-electron chi connectivity index (χ4n) is 2.67. The average molecular weight is 368 g/mol. The third-order valence-corrected chi connectivity index (χ3v) is 3.93. The summed E-state index contributed by atoms with van der Waals surface area (Å²) in [6, 6.07) is 15.0. The lowest BCUT2D eigenvalue weighted by atomic mass is 10.0. The molecule has 0 unspecified atom stereocenters. The van der Waals surface area contributed by atoms with Crippen LogP contribution in [0.3, 0.4) is 0 Å². The zero-order valence-corrected chi connectivity index (χ0v) is 14.8. The van der Waals surface area contributed by atoms with E-state index in [2.05, 4.69) is 0 Å². The maximum atomic E-state index is 12.2. The molecule has 0 aliphatic heterocycles. The minimum atomic E-state index is -0.733. The number of hydrogen-bond acceptors (Lipinski definition) is 6. The van der Waals surface area contributed by atoms with Gasteiger partial charge in [0.05, 0.1) is 6.61 Å². The standard InChI is InChI=1S/C21H20O6/c1-2-25-14-7-9-15(10-8-14)26-11-12-27-21(24)18-13-19(22)16-5-3-4-6-17(16)20(18)23/h3-10,13,22-23H,2,11-12H2,1H3. The summed E-state index contributed by atoms with van der Waals surface area (Å²) >= 11 is 0. The molecule has 0 aromatic heterocycles. The number of aromatic hydroxyl groups is 2. The molecule has 27 heavy (non-hydrogen) atoms. The average Bonchev–Trinajstić information content (AvgIpc) is 2.69. The molecule has 0 fully saturated rings. The van der Waals surface area contributed by atoms with Gasteiger partial charge in [0.1, 0.15) is 41.8 Å². The minimum Gasteiger partial charge on any atom is -0.507 e. The Morgan fingerprint density at radius 1 is 0.889 bits per heavy atom. The Kier molecular flexibility index (Phi) is 5.66. The molecule has 0 saturated carbocycles. The Bertz CT molecular complexity index is 933. The number of carbonyl (C=O) groups excluding carboxylic acids is 1. The maximum Gasteiger partial charge on any atom is 0.342 e. The summed E-state index contributed by atoms with van der Waals surface area (Å²) in [6.07, 6.45) is 0. The van der Waals surface area contributed by atoms with Crippen LogP contribution in [-0.2, 0) is 4.74 Å². The largest absolute Gasteiger partial charge is 0.507 e. The Hall–Kier alpha value is -3.41. The molecule has 6 heteroatoms. The number of phenolic OH excluding ortho intramolecular Hbond substituents is 2. The molecule has 3 aromatic rings. The topological polar surface area (TPSA) is 85.2 Å². The lowest BCUT2D eigenvalue weighted by Gasteiger charge is -2.11. The summed E-state index contributed by atoms with van der Waals surface area (Å²) in [7, 11) is 0. The van der Waals surface area contributed by atoms with Crippen LogP contribution in [0, 0.1) is 0 Å². The number of fused-ring (bicyclic) bond motifs is 1. The molecule has 0 aliphatic rings. The molecule has 0 aliphatic carbocycles. The number of carbonyl (C=O) groups is 1. The van der Waals surface area contributed by atoms with E-state index in [0.29, 0.717) is 23.1 Å². The molecule has 3 aromatic carbocycles. The SMILES string of the molecule is CCOc1ccc(OCCOC(=O)c2cc(O)c3ccccc3c2O)cc1. The van der Waals surface area contributed by atoms with E-state index in [1.165, 1.54) is 6.07 Å². The van der Waals surface area contributed by atoms with Crippen molar-refractivity contribution in [1.82, 2.24) is 0 Å². The first-order chi connectivity index (χ1) is 13.1. The second-order valence-corrected chi connectivity index (χ2v) is 5.73. The Morgan fingerprint density at radius 2 is 1.52 bits per heavy atom. The fourth-order valence-corrected chi connectivity index (χ4v) is 2.67. The molecule has 140 valence electrons. The molecule has 0 amide bonds. The molecule has 0 radical (unpaired) electrons. The van der Waals surface area contributed by atoms with Crippen molar-refractivity contribution in [3.05, 3.63) is 60.2 Å². The summed E-state index contributed by atoms with van der Waals surface area (Å²) in [5, 5.41) is 21.2. The van der Waals surface area contributed by atoms with E-state index in [1.807, 2.05) is 6.92 Å². The first-order valence-corrected chi connectivity index (χ1v) is 8.56. The van der Waals surface area contributed by atoms with Gasteiger partial charge in [-0.1, -0.05) is 24.3 Å². The molecule has 0 spiro atoms. The number of esters is 1. The zero-order chi connectivity index (χ0) is 19.2. The van der Waals surface area contributed by atoms with Crippen LogP contribution in [0.25, 0.3) is 10.8 Å². The normalized spacial score (nSPS) is 10.6. The molecule has 6 nitrogen and oxygen atoms in total. The highest BCUT2D eigenvalue weighted by atomic mass is 16.6. The van der Waals surface area contributed by atoms with Gasteiger partial charge in [-0.2, -0.15) is 0 Å². The third-order valence-electron chi connectivity index (χ3n) is 3.93. The van der Waals surface area contributed by atoms with Crippen LogP contribution in [-0.4, -0.2) is 36.0 Å². The van der Waals surface area contributed by atoms with E-state index in [0.717, 1.165) is 5.75 Å². The number of ether oxygens (including phenoxy) is 3. The molecular formula is C21H20O6. The summed E-state index contributed by atoms with van der Waals surface area (Å²) in [5.74, 6) is 0.328. The van der Waals surface area contributed by atoms with Crippen molar-refractivity contribution in [2.45, 2.75) is 6.92 Å². The van der Waals surface area contributed by atoms with Gasteiger partial charge in [-0.05, 0) is 37.3 Å². The molecule has 0 saturated heterocycles. The monoisotopic (exact) mass is 368 g/mol. The van der Waals surface area contributed by atoms with Gasteiger partial charge in [-0.25, -0.2) is 4.79 Å². The molecule has 0 heterocycles. The second kappa shape index (κ2) is 8.31. The van der Waals surface area contributed by atoms with Gasteiger partial charge in [-0.3, -0.25) is 0 Å². The van der Waals surface area contributed by atoms with E-state index in [1.54, 1.807) is 48.5 Å². The number of benzene rings is 3.